The second-order valence-corrected chi connectivity index (χ2v) is 4.01. The zero-order valence-electron chi connectivity index (χ0n) is 10.4. The Kier molecular flexibility index (Phi) is 4.69. The van der Waals surface area contributed by atoms with Gasteiger partial charge in [0.25, 0.3) is 5.91 Å². The van der Waals surface area contributed by atoms with Crippen LogP contribution in [0, 0.1) is 0 Å². The monoisotopic (exact) mass is 234 g/mol. The maximum absolute atomic E-state index is 12.0. The summed E-state index contributed by atoms with van der Waals surface area (Å²) in [6.45, 7) is 5.37. The summed E-state index contributed by atoms with van der Waals surface area (Å²) in [5, 5.41) is 5.52. The summed E-state index contributed by atoms with van der Waals surface area (Å²) in [7, 11) is 0. The molecule has 0 bridgehead atoms. The van der Waals surface area contributed by atoms with Crippen molar-refractivity contribution in [1.82, 2.24) is 5.32 Å². The van der Waals surface area contributed by atoms with Crippen LogP contribution in [0.4, 0.5) is 5.69 Å². The van der Waals surface area contributed by atoms with Gasteiger partial charge in [0.15, 0.2) is 0 Å². The Balaban J connectivity index is 2.88. The van der Waals surface area contributed by atoms with Crippen molar-refractivity contribution in [2.24, 2.45) is 0 Å². The van der Waals surface area contributed by atoms with Crippen molar-refractivity contribution in [2.75, 3.05) is 5.32 Å². The zero-order valence-corrected chi connectivity index (χ0v) is 10.4. The summed E-state index contributed by atoms with van der Waals surface area (Å²) in [6, 6.07) is 7.09. The van der Waals surface area contributed by atoms with Gasteiger partial charge in [-0.15, -0.1) is 0 Å². The second-order valence-electron chi connectivity index (χ2n) is 4.01. The lowest BCUT2D eigenvalue weighted by atomic mass is 10.1. The van der Waals surface area contributed by atoms with E-state index in [1.807, 2.05) is 13.8 Å². The number of nitrogens with one attached hydrogen (secondary N) is 2. The van der Waals surface area contributed by atoms with Crippen molar-refractivity contribution in [3.63, 3.8) is 0 Å². The van der Waals surface area contributed by atoms with E-state index in [1.54, 1.807) is 24.3 Å². The minimum Gasteiger partial charge on any atom is -0.350 e. The predicted molar refractivity (Wildman–Crippen MR) is 68.0 cm³/mol. The normalized spacial score (nSPS) is 11.7. The van der Waals surface area contributed by atoms with Crippen molar-refractivity contribution in [3.8, 4) is 0 Å². The number of hydrogen-bond acceptors (Lipinski definition) is 2. The van der Waals surface area contributed by atoms with Gasteiger partial charge in [-0.05, 0) is 25.5 Å². The van der Waals surface area contributed by atoms with Crippen LogP contribution in [-0.2, 0) is 4.79 Å². The van der Waals surface area contributed by atoms with Gasteiger partial charge in [-0.3, -0.25) is 9.59 Å². The number of carbonyl (C=O) groups excluding carboxylic acids is 2. The van der Waals surface area contributed by atoms with Crippen molar-refractivity contribution < 1.29 is 9.59 Å². The molecule has 0 spiro atoms. The van der Waals surface area contributed by atoms with E-state index in [2.05, 4.69) is 10.6 Å². The molecule has 0 aliphatic rings. The lowest BCUT2D eigenvalue weighted by molar-refractivity contribution is -0.114. The minimum atomic E-state index is -0.186. The maximum atomic E-state index is 12.0. The topological polar surface area (TPSA) is 58.2 Å². The highest BCUT2D eigenvalue weighted by atomic mass is 16.2. The van der Waals surface area contributed by atoms with Gasteiger partial charge in [-0.1, -0.05) is 19.1 Å². The average molecular weight is 234 g/mol. The molecule has 0 heterocycles. The fourth-order valence-electron chi connectivity index (χ4n) is 1.38. The Morgan fingerprint density at radius 1 is 1.29 bits per heavy atom. The van der Waals surface area contributed by atoms with Crippen LogP contribution in [0.5, 0.6) is 0 Å². The van der Waals surface area contributed by atoms with E-state index in [9.17, 15) is 9.59 Å². The first-order valence-corrected chi connectivity index (χ1v) is 5.72. The van der Waals surface area contributed by atoms with Crippen molar-refractivity contribution in [2.45, 2.75) is 33.2 Å². The third-order valence-electron chi connectivity index (χ3n) is 2.47. The predicted octanol–water partition coefficient (Wildman–Crippen LogP) is 2.17. The highest BCUT2D eigenvalue weighted by Crippen LogP contribution is 2.15. The molecule has 0 saturated heterocycles. The van der Waals surface area contributed by atoms with Crippen LogP contribution < -0.4 is 10.6 Å². The number of anilines is 1. The van der Waals surface area contributed by atoms with Gasteiger partial charge in [-0.25, -0.2) is 0 Å². The van der Waals surface area contributed by atoms with E-state index in [0.29, 0.717) is 11.3 Å². The fraction of sp³-hybridized carbons (Fsp3) is 0.385. The Labute approximate surface area is 101 Å². The Bertz CT molecular complexity index is 416. The first-order valence-electron chi connectivity index (χ1n) is 5.72. The van der Waals surface area contributed by atoms with Crippen molar-refractivity contribution >= 4 is 17.5 Å². The summed E-state index contributed by atoms with van der Waals surface area (Å²) >= 11 is 0. The fourth-order valence-corrected chi connectivity index (χ4v) is 1.38. The van der Waals surface area contributed by atoms with E-state index < -0.39 is 0 Å². The van der Waals surface area contributed by atoms with Gasteiger partial charge in [0, 0.05) is 13.0 Å². The molecule has 2 N–H and O–H groups in total. The molecule has 0 fully saturated rings. The zero-order chi connectivity index (χ0) is 12.8. The maximum Gasteiger partial charge on any atom is 0.253 e. The third kappa shape index (κ3) is 3.90. The Morgan fingerprint density at radius 3 is 2.53 bits per heavy atom. The molecular weight excluding hydrogens is 216 g/mol. The van der Waals surface area contributed by atoms with Crippen molar-refractivity contribution in [3.05, 3.63) is 29.8 Å². The third-order valence-corrected chi connectivity index (χ3v) is 2.47. The van der Waals surface area contributed by atoms with Crippen LogP contribution in [0.1, 0.15) is 37.6 Å². The standard InChI is InChI=1S/C13H18N2O2/c1-4-9(2)14-13(17)11-7-5-6-8-12(11)15-10(3)16/h5-9H,4H2,1-3H3,(H,14,17)(H,15,16). The van der Waals surface area contributed by atoms with E-state index >= 15 is 0 Å². The number of rotatable bonds is 4. The van der Waals surface area contributed by atoms with Gasteiger partial charge in [0.2, 0.25) is 5.91 Å². The van der Waals surface area contributed by atoms with Crippen LogP contribution in [0.15, 0.2) is 24.3 Å². The van der Waals surface area contributed by atoms with E-state index in [4.69, 9.17) is 0 Å². The number of para-hydroxylation sites is 1. The highest BCUT2D eigenvalue weighted by Gasteiger charge is 2.12. The van der Waals surface area contributed by atoms with Crippen LogP contribution in [0.25, 0.3) is 0 Å². The van der Waals surface area contributed by atoms with Gasteiger partial charge in [0.05, 0.1) is 11.3 Å². The SMILES string of the molecule is CCC(C)NC(=O)c1ccccc1NC(C)=O. The molecule has 4 heteroatoms. The van der Waals surface area contributed by atoms with E-state index in [-0.39, 0.29) is 17.9 Å². The highest BCUT2D eigenvalue weighted by molar-refractivity contribution is 6.03. The summed E-state index contributed by atoms with van der Waals surface area (Å²) in [5.74, 6) is -0.350. The number of hydrogen-bond donors (Lipinski definition) is 2. The number of carbonyl (C=O) groups is 2. The first kappa shape index (κ1) is 13.2. The Morgan fingerprint density at radius 2 is 1.94 bits per heavy atom. The molecule has 0 aromatic heterocycles. The number of benzene rings is 1. The Hall–Kier alpha value is -1.84. The largest absolute Gasteiger partial charge is 0.350 e. The summed E-state index contributed by atoms with van der Waals surface area (Å²) in [4.78, 5) is 23.0. The molecule has 0 saturated carbocycles. The number of amides is 2. The quantitative estimate of drug-likeness (QED) is 0.838. The van der Waals surface area contributed by atoms with E-state index in [0.717, 1.165) is 6.42 Å². The molecule has 1 aromatic carbocycles. The molecule has 1 unspecified atom stereocenters. The average Bonchev–Trinajstić information content (AvgIpc) is 2.28. The smallest absolute Gasteiger partial charge is 0.253 e. The lowest BCUT2D eigenvalue weighted by Crippen LogP contribution is -2.32. The van der Waals surface area contributed by atoms with Gasteiger partial charge < -0.3 is 10.6 Å². The van der Waals surface area contributed by atoms with Gasteiger partial charge in [-0.2, -0.15) is 0 Å². The molecule has 1 rings (SSSR count). The minimum absolute atomic E-state index is 0.118. The van der Waals surface area contributed by atoms with Crippen LogP contribution in [0.2, 0.25) is 0 Å². The molecule has 92 valence electrons. The van der Waals surface area contributed by atoms with Gasteiger partial charge >= 0.3 is 0 Å². The molecule has 0 aliphatic carbocycles. The molecule has 0 aliphatic heterocycles. The first-order chi connectivity index (χ1) is 8.04. The van der Waals surface area contributed by atoms with Crippen molar-refractivity contribution in [1.29, 1.82) is 0 Å². The van der Waals surface area contributed by atoms with E-state index in [1.165, 1.54) is 6.92 Å². The molecule has 4 nitrogen and oxygen atoms in total. The molecule has 1 atom stereocenters. The van der Waals surface area contributed by atoms with Crippen LogP contribution in [-0.4, -0.2) is 17.9 Å². The van der Waals surface area contributed by atoms with Crippen LogP contribution >= 0.6 is 0 Å². The summed E-state index contributed by atoms with van der Waals surface area (Å²) in [5.41, 5.74) is 1.03. The molecule has 17 heavy (non-hydrogen) atoms. The molecule has 2 amide bonds. The van der Waals surface area contributed by atoms with Gasteiger partial charge in [0.1, 0.15) is 0 Å². The molecule has 0 radical (unpaired) electrons. The van der Waals surface area contributed by atoms with Crippen LogP contribution in [0.3, 0.4) is 0 Å². The lowest BCUT2D eigenvalue weighted by Gasteiger charge is -2.14. The second kappa shape index (κ2) is 6.03. The summed E-state index contributed by atoms with van der Waals surface area (Å²) in [6.07, 6.45) is 0.869. The molecular formula is C13H18N2O2. The summed E-state index contributed by atoms with van der Waals surface area (Å²) < 4.78 is 0. The molecule has 1 aromatic rings.